The first-order valence-corrected chi connectivity index (χ1v) is 6.37. The molecule has 18 heavy (non-hydrogen) atoms. The Morgan fingerprint density at radius 2 is 2.28 bits per heavy atom. The molecule has 0 aliphatic carbocycles. The van der Waals surface area contributed by atoms with E-state index in [0.29, 0.717) is 12.0 Å². The Balaban J connectivity index is 2.81. The molecule has 5 heteroatoms. The lowest BCUT2D eigenvalue weighted by Gasteiger charge is -2.19. The van der Waals surface area contributed by atoms with E-state index in [-0.39, 0.29) is 18.3 Å². The van der Waals surface area contributed by atoms with Crippen LogP contribution in [0.2, 0.25) is 0 Å². The summed E-state index contributed by atoms with van der Waals surface area (Å²) in [5.41, 5.74) is 0.424. The van der Waals surface area contributed by atoms with Crippen LogP contribution in [0.15, 0.2) is 22.7 Å². The minimum Gasteiger partial charge on any atom is -0.340 e. The molecule has 1 amide bonds. The second-order valence-corrected chi connectivity index (χ2v) is 4.94. The van der Waals surface area contributed by atoms with Crippen LogP contribution in [0.3, 0.4) is 0 Å². The highest BCUT2D eigenvalue weighted by Gasteiger charge is 2.20. The van der Waals surface area contributed by atoms with Crippen LogP contribution in [0.1, 0.15) is 18.9 Å². The molecule has 0 fully saturated rings. The molecule has 0 aromatic heterocycles. The number of rotatable bonds is 4. The third-order valence-corrected chi connectivity index (χ3v) is 3.15. The third kappa shape index (κ3) is 3.54. The van der Waals surface area contributed by atoms with Crippen LogP contribution in [0.25, 0.3) is 0 Å². The molecule has 0 spiro atoms. The quantitative estimate of drug-likeness (QED) is 0.857. The molecule has 0 N–H and O–H groups in total. The van der Waals surface area contributed by atoms with Crippen molar-refractivity contribution in [1.82, 2.24) is 4.90 Å². The fraction of sp³-hybridized carbons (Fsp3) is 0.385. The summed E-state index contributed by atoms with van der Waals surface area (Å²) in [5.74, 6) is -1.30. The van der Waals surface area contributed by atoms with Gasteiger partial charge in [0.1, 0.15) is 11.7 Å². The van der Waals surface area contributed by atoms with Gasteiger partial charge in [0.05, 0.1) is 6.07 Å². The normalized spacial score (nSPS) is 11.7. The van der Waals surface area contributed by atoms with Crippen molar-refractivity contribution in [3.05, 3.63) is 34.1 Å². The number of carbonyl (C=O) groups is 1. The maximum atomic E-state index is 13.5. The van der Waals surface area contributed by atoms with Gasteiger partial charge in [-0.3, -0.25) is 4.79 Å². The first kappa shape index (κ1) is 14.7. The fourth-order valence-electron chi connectivity index (χ4n) is 1.59. The molecule has 0 saturated heterocycles. The fourth-order valence-corrected chi connectivity index (χ4v) is 1.99. The van der Waals surface area contributed by atoms with Crippen LogP contribution >= 0.6 is 15.9 Å². The van der Waals surface area contributed by atoms with Crippen molar-refractivity contribution in [2.45, 2.75) is 19.9 Å². The SMILES string of the molecule is CCC(C#N)C(=O)N(C)Cc1cc(Br)ccc1F. The number of halogens is 2. The van der Waals surface area contributed by atoms with Gasteiger partial charge < -0.3 is 4.90 Å². The molecule has 1 aromatic carbocycles. The van der Waals surface area contributed by atoms with Crippen LogP contribution in [-0.2, 0) is 11.3 Å². The zero-order chi connectivity index (χ0) is 13.7. The molecule has 0 heterocycles. The molecule has 3 nitrogen and oxygen atoms in total. The molecule has 1 aromatic rings. The Labute approximate surface area is 114 Å². The Morgan fingerprint density at radius 1 is 1.61 bits per heavy atom. The molecular weight excluding hydrogens is 299 g/mol. The minimum absolute atomic E-state index is 0.155. The summed E-state index contributed by atoms with van der Waals surface area (Å²) in [6.45, 7) is 1.93. The van der Waals surface area contributed by atoms with Gasteiger partial charge in [-0.2, -0.15) is 5.26 Å². The Kier molecular flexibility index (Phi) is 5.29. The van der Waals surface area contributed by atoms with E-state index in [1.807, 2.05) is 6.07 Å². The topological polar surface area (TPSA) is 44.1 Å². The lowest BCUT2D eigenvalue weighted by molar-refractivity contribution is -0.133. The molecule has 0 aliphatic rings. The zero-order valence-electron chi connectivity index (χ0n) is 10.3. The smallest absolute Gasteiger partial charge is 0.239 e. The number of benzene rings is 1. The van der Waals surface area contributed by atoms with Gasteiger partial charge in [-0.1, -0.05) is 22.9 Å². The minimum atomic E-state index is -0.662. The van der Waals surface area contributed by atoms with Crippen LogP contribution in [-0.4, -0.2) is 17.9 Å². The monoisotopic (exact) mass is 312 g/mol. The van der Waals surface area contributed by atoms with Crippen molar-refractivity contribution in [2.75, 3.05) is 7.05 Å². The van der Waals surface area contributed by atoms with Gasteiger partial charge >= 0.3 is 0 Å². The second kappa shape index (κ2) is 6.50. The van der Waals surface area contributed by atoms with E-state index < -0.39 is 5.92 Å². The predicted octanol–water partition coefficient (Wildman–Crippen LogP) is 3.10. The Morgan fingerprint density at radius 3 is 2.83 bits per heavy atom. The van der Waals surface area contributed by atoms with Gasteiger partial charge in [0.25, 0.3) is 0 Å². The summed E-state index contributed by atoms with van der Waals surface area (Å²) < 4.78 is 14.3. The zero-order valence-corrected chi connectivity index (χ0v) is 11.9. The van der Waals surface area contributed by atoms with Crippen LogP contribution in [0, 0.1) is 23.1 Å². The maximum Gasteiger partial charge on any atom is 0.239 e. The van der Waals surface area contributed by atoms with E-state index in [2.05, 4.69) is 15.9 Å². The van der Waals surface area contributed by atoms with Gasteiger partial charge in [-0.15, -0.1) is 0 Å². The van der Waals surface area contributed by atoms with Gasteiger partial charge in [0.2, 0.25) is 5.91 Å². The summed E-state index contributed by atoms with van der Waals surface area (Å²) in [4.78, 5) is 13.3. The van der Waals surface area contributed by atoms with E-state index in [1.54, 1.807) is 26.1 Å². The number of hydrogen-bond acceptors (Lipinski definition) is 2. The largest absolute Gasteiger partial charge is 0.340 e. The third-order valence-electron chi connectivity index (χ3n) is 2.65. The van der Waals surface area contributed by atoms with Crippen molar-refractivity contribution in [3.8, 4) is 6.07 Å². The molecule has 1 unspecified atom stereocenters. The molecule has 0 saturated carbocycles. The van der Waals surface area contributed by atoms with E-state index in [4.69, 9.17) is 5.26 Å². The first-order valence-electron chi connectivity index (χ1n) is 5.58. The van der Waals surface area contributed by atoms with Crippen LogP contribution < -0.4 is 0 Å². The van der Waals surface area contributed by atoms with E-state index in [1.165, 1.54) is 11.0 Å². The highest BCUT2D eigenvalue weighted by molar-refractivity contribution is 9.10. The average molecular weight is 313 g/mol. The van der Waals surface area contributed by atoms with Crippen LogP contribution in [0.4, 0.5) is 4.39 Å². The van der Waals surface area contributed by atoms with Gasteiger partial charge in [-0.05, 0) is 24.6 Å². The standard InChI is InChI=1S/C13H14BrFN2O/c1-3-9(7-16)13(18)17(2)8-10-6-11(14)4-5-12(10)15/h4-6,9H,3,8H2,1-2H3. The van der Waals surface area contributed by atoms with E-state index in [0.717, 1.165) is 4.47 Å². The summed E-state index contributed by atoms with van der Waals surface area (Å²) in [5, 5.41) is 8.83. The highest BCUT2D eigenvalue weighted by atomic mass is 79.9. The van der Waals surface area contributed by atoms with Crippen molar-refractivity contribution in [3.63, 3.8) is 0 Å². The molecule has 0 radical (unpaired) electrons. The Hall–Kier alpha value is -1.41. The van der Waals surface area contributed by atoms with Crippen molar-refractivity contribution < 1.29 is 9.18 Å². The molecule has 0 aliphatic heterocycles. The van der Waals surface area contributed by atoms with Gasteiger partial charge in [0.15, 0.2) is 0 Å². The summed E-state index contributed by atoms with van der Waals surface area (Å²) in [6.07, 6.45) is 0.459. The van der Waals surface area contributed by atoms with E-state index >= 15 is 0 Å². The first-order chi connectivity index (χ1) is 8.49. The lowest BCUT2D eigenvalue weighted by atomic mass is 10.1. The van der Waals surface area contributed by atoms with E-state index in [9.17, 15) is 9.18 Å². The van der Waals surface area contributed by atoms with Gasteiger partial charge in [-0.25, -0.2) is 4.39 Å². The number of nitrogens with zero attached hydrogens (tertiary/aromatic N) is 2. The summed E-state index contributed by atoms with van der Waals surface area (Å²) in [7, 11) is 1.57. The average Bonchev–Trinajstić information content (AvgIpc) is 2.35. The molecule has 96 valence electrons. The second-order valence-electron chi connectivity index (χ2n) is 4.02. The number of amides is 1. The lowest BCUT2D eigenvalue weighted by Crippen LogP contribution is -2.31. The van der Waals surface area contributed by atoms with Gasteiger partial charge in [0, 0.05) is 23.6 Å². The molecule has 1 rings (SSSR count). The predicted molar refractivity (Wildman–Crippen MR) is 70.0 cm³/mol. The number of carbonyl (C=O) groups excluding carboxylic acids is 1. The molecule has 1 atom stereocenters. The highest BCUT2D eigenvalue weighted by Crippen LogP contribution is 2.18. The maximum absolute atomic E-state index is 13.5. The summed E-state index contributed by atoms with van der Waals surface area (Å²) in [6, 6.07) is 6.53. The van der Waals surface area contributed by atoms with Crippen molar-refractivity contribution in [2.24, 2.45) is 5.92 Å². The summed E-state index contributed by atoms with van der Waals surface area (Å²) >= 11 is 3.26. The Bertz CT molecular complexity index is 484. The van der Waals surface area contributed by atoms with Crippen molar-refractivity contribution in [1.29, 1.82) is 5.26 Å². The molecule has 0 bridgehead atoms. The number of hydrogen-bond donors (Lipinski definition) is 0. The molecular formula is C13H14BrFN2O. The van der Waals surface area contributed by atoms with Crippen molar-refractivity contribution >= 4 is 21.8 Å². The number of nitriles is 1. The van der Waals surface area contributed by atoms with Crippen LogP contribution in [0.5, 0.6) is 0 Å².